The maximum Gasteiger partial charge on any atom is 0.264 e. The second-order valence-electron chi connectivity index (χ2n) is 8.00. The SMILES string of the molecule is O=C(CN(c1ccc2c(c1)OCCO2)S(=O)(=O)c1ccccc1)NCCCSCc1ccccc1F. The van der Waals surface area contributed by atoms with E-state index in [-0.39, 0.29) is 17.3 Å². The molecule has 0 fully saturated rings. The number of sulfonamides is 1. The minimum Gasteiger partial charge on any atom is -0.486 e. The number of hydrogen-bond donors (Lipinski definition) is 1. The monoisotopic (exact) mass is 530 g/mol. The minimum atomic E-state index is -4.01. The van der Waals surface area contributed by atoms with E-state index in [1.165, 1.54) is 18.2 Å². The molecule has 10 heteroatoms. The topological polar surface area (TPSA) is 84.9 Å². The van der Waals surface area contributed by atoms with E-state index in [4.69, 9.17) is 9.47 Å². The molecule has 36 heavy (non-hydrogen) atoms. The first-order valence-electron chi connectivity index (χ1n) is 11.5. The molecule has 1 aliphatic heterocycles. The number of amides is 1. The molecule has 7 nitrogen and oxygen atoms in total. The number of nitrogens with one attached hydrogen (secondary N) is 1. The molecule has 4 rings (SSSR count). The molecule has 3 aromatic rings. The number of anilines is 1. The van der Waals surface area contributed by atoms with Gasteiger partial charge in [0.15, 0.2) is 11.5 Å². The van der Waals surface area contributed by atoms with Crippen LogP contribution in [-0.4, -0.2) is 46.4 Å². The maximum atomic E-state index is 13.7. The van der Waals surface area contributed by atoms with Gasteiger partial charge in [-0.3, -0.25) is 9.10 Å². The Balaban J connectivity index is 1.38. The highest BCUT2D eigenvalue weighted by molar-refractivity contribution is 7.98. The van der Waals surface area contributed by atoms with E-state index >= 15 is 0 Å². The summed E-state index contributed by atoms with van der Waals surface area (Å²) in [6, 6.07) is 19.4. The van der Waals surface area contributed by atoms with Crippen LogP contribution in [0, 0.1) is 5.82 Å². The van der Waals surface area contributed by atoms with Crippen LogP contribution >= 0.6 is 11.8 Å². The normalized spacial score (nSPS) is 12.7. The van der Waals surface area contributed by atoms with Gasteiger partial charge in [-0.2, -0.15) is 11.8 Å². The molecule has 1 aliphatic rings. The number of rotatable bonds is 11. The Labute approximate surface area is 214 Å². The molecule has 0 atom stereocenters. The molecular formula is C26H27FN2O5S2. The van der Waals surface area contributed by atoms with Gasteiger partial charge in [0, 0.05) is 18.4 Å². The molecule has 0 saturated carbocycles. The van der Waals surface area contributed by atoms with E-state index in [0.29, 0.717) is 54.7 Å². The van der Waals surface area contributed by atoms with E-state index in [1.54, 1.807) is 66.4 Å². The highest BCUT2D eigenvalue weighted by atomic mass is 32.2. The molecule has 0 spiro atoms. The fraction of sp³-hybridized carbons (Fsp3) is 0.269. The van der Waals surface area contributed by atoms with Crippen LogP contribution < -0.4 is 19.1 Å². The fourth-order valence-corrected chi connectivity index (χ4v) is 5.99. The number of thioether (sulfide) groups is 1. The number of hydrogen-bond acceptors (Lipinski definition) is 6. The molecule has 1 heterocycles. The van der Waals surface area contributed by atoms with Crippen LogP contribution in [0.3, 0.4) is 0 Å². The Morgan fingerprint density at radius 1 is 0.972 bits per heavy atom. The Morgan fingerprint density at radius 3 is 2.47 bits per heavy atom. The molecule has 0 aliphatic carbocycles. The number of halogens is 1. The zero-order valence-electron chi connectivity index (χ0n) is 19.6. The standard InChI is InChI=1S/C26H27FN2O5S2/c27-23-10-5-4-7-20(23)19-35-16-6-13-28-26(30)18-29(36(31,32)22-8-2-1-3-9-22)21-11-12-24-25(17-21)34-15-14-33-24/h1-5,7-12,17H,6,13-16,18-19H2,(H,28,30). The smallest absolute Gasteiger partial charge is 0.264 e. The largest absolute Gasteiger partial charge is 0.486 e. The number of nitrogens with zero attached hydrogens (tertiary/aromatic N) is 1. The number of benzene rings is 3. The first-order valence-corrected chi connectivity index (χ1v) is 14.1. The van der Waals surface area contributed by atoms with Crippen molar-refractivity contribution in [2.24, 2.45) is 0 Å². The number of carbonyl (C=O) groups excluding carboxylic acids is 1. The van der Waals surface area contributed by atoms with E-state index in [2.05, 4.69) is 5.32 Å². The lowest BCUT2D eigenvalue weighted by atomic mass is 10.2. The van der Waals surface area contributed by atoms with Crippen LogP contribution in [-0.2, 0) is 20.6 Å². The van der Waals surface area contributed by atoms with Gasteiger partial charge in [-0.1, -0.05) is 36.4 Å². The van der Waals surface area contributed by atoms with Gasteiger partial charge in [-0.15, -0.1) is 0 Å². The average Bonchev–Trinajstić information content (AvgIpc) is 2.90. The number of fused-ring (bicyclic) bond motifs is 1. The van der Waals surface area contributed by atoms with Gasteiger partial charge in [0.25, 0.3) is 10.0 Å². The van der Waals surface area contributed by atoms with E-state index in [0.717, 1.165) is 10.1 Å². The van der Waals surface area contributed by atoms with Crippen LogP contribution in [0.15, 0.2) is 77.7 Å². The van der Waals surface area contributed by atoms with Gasteiger partial charge in [0.1, 0.15) is 25.6 Å². The Bertz CT molecular complexity index is 1290. The zero-order valence-corrected chi connectivity index (χ0v) is 21.2. The van der Waals surface area contributed by atoms with Crippen molar-refractivity contribution in [1.82, 2.24) is 5.32 Å². The van der Waals surface area contributed by atoms with Crippen molar-refractivity contribution in [2.75, 3.05) is 36.4 Å². The Kier molecular flexibility index (Phi) is 8.71. The van der Waals surface area contributed by atoms with Crippen molar-refractivity contribution >= 4 is 33.4 Å². The second kappa shape index (κ2) is 12.1. The summed E-state index contributed by atoms with van der Waals surface area (Å²) in [6.07, 6.45) is 0.667. The lowest BCUT2D eigenvalue weighted by Gasteiger charge is -2.26. The zero-order chi connectivity index (χ0) is 25.4. The van der Waals surface area contributed by atoms with Crippen molar-refractivity contribution in [2.45, 2.75) is 17.1 Å². The lowest BCUT2D eigenvalue weighted by Crippen LogP contribution is -2.41. The van der Waals surface area contributed by atoms with Crippen molar-refractivity contribution in [1.29, 1.82) is 0 Å². The third-order valence-electron chi connectivity index (χ3n) is 5.44. The van der Waals surface area contributed by atoms with Crippen LogP contribution in [0.2, 0.25) is 0 Å². The highest BCUT2D eigenvalue weighted by Gasteiger charge is 2.28. The van der Waals surface area contributed by atoms with E-state index < -0.39 is 15.9 Å². The van der Waals surface area contributed by atoms with Gasteiger partial charge < -0.3 is 14.8 Å². The van der Waals surface area contributed by atoms with E-state index in [9.17, 15) is 17.6 Å². The summed E-state index contributed by atoms with van der Waals surface area (Å²) >= 11 is 1.57. The molecule has 0 aromatic heterocycles. The molecular weight excluding hydrogens is 503 g/mol. The molecule has 0 unspecified atom stereocenters. The second-order valence-corrected chi connectivity index (χ2v) is 11.0. The Morgan fingerprint density at radius 2 is 1.69 bits per heavy atom. The third kappa shape index (κ3) is 6.50. The fourth-order valence-electron chi connectivity index (χ4n) is 3.61. The van der Waals surface area contributed by atoms with Gasteiger partial charge in [-0.25, -0.2) is 12.8 Å². The van der Waals surface area contributed by atoms with Crippen molar-refractivity contribution in [3.05, 3.63) is 84.2 Å². The minimum absolute atomic E-state index is 0.0808. The van der Waals surface area contributed by atoms with E-state index in [1.807, 2.05) is 0 Å². The van der Waals surface area contributed by atoms with Crippen molar-refractivity contribution < 1.29 is 27.1 Å². The number of carbonyl (C=O) groups is 1. The summed E-state index contributed by atoms with van der Waals surface area (Å²) in [5, 5.41) is 2.79. The summed E-state index contributed by atoms with van der Waals surface area (Å²) in [5.74, 6) is 1.58. The molecule has 0 bridgehead atoms. The van der Waals surface area contributed by atoms with Crippen molar-refractivity contribution in [3.63, 3.8) is 0 Å². The first kappa shape index (κ1) is 25.8. The predicted octanol–water partition coefficient (Wildman–Crippen LogP) is 4.23. The Hall–Kier alpha value is -3.24. The van der Waals surface area contributed by atoms with Crippen LogP contribution in [0.5, 0.6) is 11.5 Å². The summed E-state index contributed by atoms with van der Waals surface area (Å²) < 4.78 is 52.8. The van der Waals surface area contributed by atoms with Crippen LogP contribution in [0.4, 0.5) is 10.1 Å². The van der Waals surface area contributed by atoms with Gasteiger partial charge in [-0.05, 0) is 48.1 Å². The molecule has 1 amide bonds. The van der Waals surface area contributed by atoms with Crippen LogP contribution in [0.25, 0.3) is 0 Å². The van der Waals surface area contributed by atoms with Gasteiger partial charge in [0.05, 0.1) is 10.6 Å². The first-order chi connectivity index (χ1) is 17.4. The average molecular weight is 531 g/mol. The lowest BCUT2D eigenvalue weighted by molar-refractivity contribution is -0.119. The summed E-state index contributed by atoms with van der Waals surface area (Å²) in [5.41, 5.74) is 0.950. The molecule has 0 radical (unpaired) electrons. The summed E-state index contributed by atoms with van der Waals surface area (Å²) in [6.45, 7) is 0.763. The summed E-state index contributed by atoms with van der Waals surface area (Å²) in [4.78, 5) is 12.8. The molecule has 3 aromatic carbocycles. The third-order valence-corrected chi connectivity index (χ3v) is 8.32. The van der Waals surface area contributed by atoms with Crippen molar-refractivity contribution in [3.8, 4) is 11.5 Å². The van der Waals surface area contributed by atoms with Crippen LogP contribution in [0.1, 0.15) is 12.0 Å². The van der Waals surface area contributed by atoms with Gasteiger partial charge in [0.2, 0.25) is 5.91 Å². The molecule has 0 saturated heterocycles. The predicted molar refractivity (Wildman–Crippen MR) is 139 cm³/mol. The quantitative estimate of drug-likeness (QED) is 0.374. The maximum absolute atomic E-state index is 13.7. The highest BCUT2D eigenvalue weighted by Crippen LogP contribution is 2.35. The van der Waals surface area contributed by atoms with Gasteiger partial charge >= 0.3 is 0 Å². The molecule has 1 N–H and O–H groups in total. The summed E-state index contributed by atoms with van der Waals surface area (Å²) in [7, 11) is -4.01. The number of ether oxygens (including phenoxy) is 2. The molecule has 190 valence electrons.